The molecule has 6 N–H and O–H groups in total. The number of aromatic nitrogens is 1. The lowest BCUT2D eigenvalue weighted by Crippen LogP contribution is -2.26. The van der Waals surface area contributed by atoms with E-state index < -0.39 is 21.9 Å². The summed E-state index contributed by atoms with van der Waals surface area (Å²) in [7, 11) is -3.49. The first kappa shape index (κ1) is 27.2. The molecule has 0 spiro atoms. The van der Waals surface area contributed by atoms with Crippen LogP contribution in [0, 0.1) is 0 Å². The van der Waals surface area contributed by atoms with Gasteiger partial charge in [0.1, 0.15) is 12.4 Å². The predicted octanol–water partition coefficient (Wildman–Crippen LogP) is 3.54. The van der Waals surface area contributed by atoms with Gasteiger partial charge in [-0.15, -0.1) is 0 Å². The number of rotatable bonds is 12. The molecule has 3 aromatic carbocycles. The van der Waals surface area contributed by atoms with Crippen LogP contribution in [0.15, 0.2) is 71.6 Å². The van der Waals surface area contributed by atoms with Gasteiger partial charge >= 0.3 is 5.97 Å². The average Bonchev–Trinajstić information content (AvgIpc) is 3.24. The maximum Gasteiger partial charge on any atom is 0.303 e. The number of benzene rings is 3. The molecule has 0 bridgehead atoms. The van der Waals surface area contributed by atoms with E-state index in [9.17, 15) is 18.3 Å². The second-order valence-electron chi connectivity index (χ2n) is 9.05. The second-order valence-corrected chi connectivity index (χ2v) is 11.0. The molecule has 1 unspecified atom stereocenters. The molecule has 1 atom stereocenters. The van der Waals surface area contributed by atoms with Crippen molar-refractivity contribution in [3.8, 4) is 16.9 Å². The van der Waals surface area contributed by atoms with Crippen LogP contribution >= 0.6 is 0 Å². The molecule has 38 heavy (non-hydrogen) atoms. The van der Waals surface area contributed by atoms with Crippen LogP contribution in [0.3, 0.4) is 0 Å². The van der Waals surface area contributed by atoms with Crippen LogP contribution < -0.4 is 15.8 Å². The summed E-state index contributed by atoms with van der Waals surface area (Å²) in [5, 5.41) is 23.8. The number of para-hydroxylation sites is 1. The zero-order valence-corrected chi connectivity index (χ0v) is 21.8. The fourth-order valence-corrected chi connectivity index (χ4v) is 5.28. The summed E-state index contributed by atoms with van der Waals surface area (Å²) in [6, 6.07) is 20.1. The molecule has 0 saturated carbocycles. The first-order valence-corrected chi connectivity index (χ1v) is 14.1. The smallest absolute Gasteiger partial charge is 0.303 e. The van der Waals surface area contributed by atoms with E-state index in [-0.39, 0.29) is 23.5 Å². The first-order valence-electron chi connectivity index (χ1n) is 12.2. The molecule has 0 saturated heterocycles. The fraction of sp³-hybridized carbons (Fsp3) is 0.250. The summed E-state index contributed by atoms with van der Waals surface area (Å²) in [5.74, 6) is -0.203. The minimum atomic E-state index is -3.49. The molecule has 200 valence electrons. The van der Waals surface area contributed by atoms with Gasteiger partial charge in [-0.1, -0.05) is 42.5 Å². The SMILES string of the molecule is CS(=O)(=O)c1cccc(C(O)CNCCOc2ccc3c(-c4ccccc4)c(CCC(=O)O)[nH]c3c2)c1N. The van der Waals surface area contributed by atoms with Crippen molar-refractivity contribution in [3.63, 3.8) is 0 Å². The van der Waals surface area contributed by atoms with E-state index in [1.165, 1.54) is 6.07 Å². The van der Waals surface area contributed by atoms with Gasteiger partial charge in [-0.2, -0.15) is 0 Å². The molecular formula is C28H31N3O6S. The van der Waals surface area contributed by atoms with Crippen LogP contribution in [0.5, 0.6) is 5.75 Å². The Labute approximate surface area is 221 Å². The van der Waals surface area contributed by atoms with Crippen LogP contribution in [0.25, 0.3) is 22.0 Å². The molecule has 4 aromatic rings. The van der Waals surface area contributed by atoms with Crippen LogP contribution in [0.1, 0.15) is 23.8 Å². The number of aliphatic carboxylic acids is 1. The third-order valence-corrected chi connectivity index (χ3v) is 7.40. The molecule has 0 fully saturated rings. The summed E-state index contributed by atoms with van der Waals surface area (Å²) >= 11 is 0. The first-order chi connectivity index (χ1) is 18.1. The third kappa shape index (κ3) is 6.34. The van der Waals surface area contributed by atoms with Gasteiger partial charge in [0.2, 0.25) is 0 Å². The van der Waals surface area contributed by atoms with Gasteiger partial charge < -0.3 is 31.0 Å². The van der Waals surface area contributed by atoms with E-state index >= 15 is 0 Å². The number of carbonyl (C=O) groups is 1. The number of aryl methyl sites for hydroxylation is 1. The number of aromatic amines is 1. The second kappa shape index (κ2) is 11.7. The molecule has 0 aliphatic rings. The van der Waals surface area contributed by atoms with E-state index in [2.05, 4.69) is 10.3 Å². The highest BCUT2D eigenvalue weighted by atomic mass is 32.2. The topological polar surface area (TPSA) is 155 Å². The highest BCUT2D eigenvalue weighted by Crippen LogP contribution is 2.35. The minimum Gasteiger partial charge on any atom is -0.492 e. The number of carboxylic acid groups (broad SMARTS) is 1. The monoisotopic (exact) mass is 537 g/mol. The van der Waals surface area contributed by atoms with Crippen molar-refractivity contribution in [2.45, 2.75) is 23.8 Å². The number of nitrogen functional groups attached to an aromatic ring is 1. The Balaban J connectivity index is 1.39. The highest BCUT2D eigenvalue weighted by molar-refractivity contribution is 7.90. The lowest BCUT2D eigenvalue weighted by Gasteiger charge is -2.16. The van der Waals surface area contributed by atoms with Crippen molar-refractivity contribution >= 4 is 32.4 Å². The molecule has 1 heterocycles. The Morgan fingerprint density at radius 1 is 1.11 bits per heavy atom. The van der Waals surface area contributed by atoms with Gasteiger partial charge in [-0.25, -0.2) is 8.42 Å². The number of ether oxygens (including phenoxy) is 1. The van der Waals surface area contributed by atoms with Gasteiger partial charge in [-0.3, -0.25) is 4.79 Å². The Morgan fingerprint density at radius 2 is 1.87 bits per heavy atom. The summed E-state index contributed by atoms with van der Waals surface area (Å²) in [6.07, 6.45) is 0.507. The third-order valence-electron chi connectivity index (χ3n) is 6.24. The fourth-order valence-electron chi connectivity index (χ4n) is 4.44. The molecule has 1 aromatic heterocycles. The molecule has 9 nitrogen and oxygen atoms in total. The maximum atomic E-state index is 11.9. The van der Waals surface area contributed by atoms with Crippen molar-refractivity contribution in [2.24, 2.45) is 0 Å². The Kier molecular flexibility index (Phi) is 8.35. The Hall–Kier alpha value is -3.86. The van der Waals surface area contributed by atoms with E-state index in [1.807, 2.05) is 48.5 Å². The van der Waals surface area contributed by atoms with Crippen molar-refractivity contribution in [3.05, 3.63) is 78.0 Å². The number of aliphatic hydroxyl groups is 1. The number of fused-ring (bicyclic) bond motifs is 1. The summed E-state index contributed by atoms with van der Waals surface area (Å²) in [6.45, 7) is 0.934. The largest absolute Gasteiger partial charge is 0.492 e. The summed E-state index contributed by atoms with van der Waals surface area (Å²) in [5.41, 5.74) is 10.1. The Morgan fingerprint density at radius 3 is 2.58 bits per heavy atom. The number of hydrogen-bond donors (Lipinski definition) is 5. The van der Waals surface area contributed by atoms with E-state index in [4.69, 9.17) is 15.6 Å². The Bertz CT molecular complexity index is 1530. The lowest BCUT2D eigenvalue weighted by atomic mass is 10.00. The zero-order valence-electron chi connectivity index (χ0n) is 21.0. The van der Waals surface area contributed by atoms with Gasteiger partial charge in [0.15, 0.2) is 9.84 Å². The van der Waals surface area contributed by atoms with Gasteiger partial charge in [0, 0.05) is 53.1 Å². The highest BCUT2D eigenvalue weighted by Gasteiger charge is 2.18. The number of carboxylic acids is 1. The summed E-state index contributed by atoms with van der Waals surface area (Å²) < 4.78 is 29.6. The predicted molar refractivity (Wildman–Crippen MR) is 147 cm³/mol. The van der Waals surface area contributed by atoms with Crippen LogP contribution in [-0.4, -0.2) is 55.5 Å². The molecule has 0 amide bonds. The average molecular weight is 538 g/mol. The molecule has 0 aliphatic carbocycles. The number of sulfone groups is 1. The van der Waals surface area contributed by atoms with Crippen LogP contribution in [0.4, 0.5) is 5.69 Å². The summed E-state index contributed by atoms with van der Waals surface area (Å²) in [4.78, 5) is 14.5. The molecule has 4 rings (SSSR count). The van der Waals surface area contributed by atoms with Crippen molar-refractivity contribution in [2.75, 3.05) is 31.7 Å². The number of H-pyrrole nitrogens is 1. The number of aliphatic hydroxyl groups excluding tert-OH is 1. The van der Waals surface area contributed by atoms with Gasteiger partial charge in [0.05, 0.1) is 23.1 Å². The number of hydrogen-bond acceptors (Lipinski definition) is 7. The molecule has 0 aliphatic heterocycles. The van der Waals surface area contributed by atoms with Crippen molar-refractivity contribution < 1.29 is 28.2 Å². The number of nitrogens with two attached hydrogens (primary N) is 1. The van der Waals surface area contributed by atoms with E-state index in [1.54, 1.807) is 12.1 Å². The van der Waals surface area contributed by atoms with Crippen molar-refractivity contribution in [1.82, 2.24) is 10.3 Å². The number of anilines is 1. The number of nitrogens with one attached hydrogen (secondary N) is 2. The van der Waals surface area contributed by atoms with E-state index in [0.717, 1.165) is 34.0 Å². The molecular weight excluding hydrogens is 506 g/mol. The lowest BCUT2D eigenvalue weighted by molar-refractivity contribution is -0.136. The van der Waals surface area contributed by atoms with Gasteiger partial charge in [0.25, 0.3) is 0 Å². The van der Waals surface area contributed by atoms with Gasteiger partial charge in [-0.05, 0) is 30.2 Å². The molecule has 10 heteroatoms. The quantitative estimate of drug-likeness (QED) is 0.136. The van der Waals surface area contributed by atoms with Crippen molar-refractivity contribution in [1.29, 1.82) is 0 Å². The van der Waals surface area contributed by atoms with Crippen LogP contribution in [-0.2, 0) is 21.1 Å². The zero-order chi connectivity index (χ0) is 27.3. The maximum absolute atomic E-state index is 11.9. The minimum absolute atomic E-state index is 0.00127. The standard InChI is InChI=1S/C28H31N3O6S/c1-38(35,36)25-9-5-8-21(28(25)29)24(32)17-30-14-15-37-19-10-11-20-23(16-19)31-22(12-13-26(33)34)27(20)18-6-3-2-4-7-18/h2-11,16,24,30-32H,12-15,17,29H2,1H3,(H,33,34). The van der Waals surface area contributed by atoms with E-state index in [0.29, 0.717) is 30.9 Å². The normalized spacial score (nSPS) is 12.5. The van der Waals surface area contributed by atoms with Crippen LogP contribution in [0.2, 0.25) is 0 Å². The molecule has 0 radical (unpaired) electrons.